The van der Waals surface area contributed by atoms with Crippen LogP contribution in [0, 0.1) is 6.92 Å². The number of aliphatic hydroxyl groups excluding tert-OH is 1. The smallest absolute Gasteiger partial charge is 0.119 e. The molecule has 22 heavy (non-hydrogen) atoms. The van der Waals surface area contributed by atoms with Gasteiger partial charge in [-0.3, -0.25) is 9.58 Å². The summed E-state index contributed by atoms with van der Waals surface area (Å²) in [5.74, 6) is 0.863. The number of aromatic nitrogens is 2. The lowest BCUT2D eigenvalue weighted by Gasteiger charge is -2.24. The molecule has 3 rings (SSSR count). The average Bonchev–Trinajstić information content (AvgIpc) is 3.11. The van der Waals surface area contributed by atoms with Crippen LogP contribution in [0.2, 0.25) is 0 Å². The Hall–Kier alpha value is -1.85. The number of nitrogens with zero attached hydrogens (tertiary/aromatic N) is 3. The average molecular weight is 301 g/mol. The minimum atomic E-state index is -0.268. The Kier molecular flexibility index (Phi) is 4.45. The number of aryl methyl sites for hydroxylation is 1. The van der Waals surface area contributed by atoms with E-state index in [9.17, 15) is 5.11 Å². The first-order chi connectivity index (χ1) is 10.7. The van der Waals surface area contributed by atoms with E-state index in [0.717, 1.165) is 25.3 Å². The monoisotopic (exact) mass is 301 g/mol. The van der Waals surface area contributed by atoms with Gasteiger partial charge in [-0.05, 0) is 36.6 Å². The molecular weight excluding hydrogens is 278 g/mol. The van der Waals surface area contributed by atoms with E-state index in [1.54, 1.807) is 7.11 Å². The minimum absolute atomic E-state index is 0.238. The highest BCUT2D eigenvalue weighted by atomic mass is 16.5. The Morgan fingerprint density at radius 2 is 2.23 bits per heavy atom. The lowest BCUT2D eigenvalue weighted by atomic mass is 10.0. The topological polar surface area (TPSA) is 50.5 Å². The highest BCUT2D eigenvalue weighted by molar-refractivity contribution is 5.31. The van der Waals surface area contributed by atoms with Crippen LogP contribution in [-0.4, -0.2) is 46.1 Å². The summed E-state index contributed by atoms with van der Waals surface area (Å²) in [5.41, 5.74) is 2.37. The van der Waals surface area contributed by atoms with Crippen LogP contribution in [0.5, 0.6) is 5.75 Å². The van der Waals surface area contributed by atoms with E-state index < -0.39 is 0 Å². The SMILES string of the molecule is COc1cccc(C2CC(O)CN2CCn2cc(C)cn2)c1. The molecule has 1 aliphatic heterocycles. The predicted octanol–water partition coefficient (Wildman–Crippen LogP) is 2.01. The molecule has 1 aromatic carbocycles. The third kappa shape index (κ3) is 3.31. The van der Waals surface area contributed by atoms with Crippen LogP contribution in [0.15, 0.2) is 36.7 Å². The van der Waals surface area contributed by atoms with Crippen molar-refractivity contribution in [3.8, 4) is 5.75 Å². The fraction of sp³-hybridized carbons (Fsp3) is 0.471. The van der Waals surface area contributed by atoms with Gasteiger partial charge in [0.25, 0.3) is 0 Å². The first-order valence-electron chi connectivity index (χ1n) is 7.71. The number of rotatable bonds is 5. The van der Waals surface area contributed by atoms with Crippen LogP contribution < -0.4 is 4.74 Å². The molecule has 1 fully saturated rings. The minimum Gasteiger partial charge on any atom is -0.497 e. The van der Waals surface area contributed by atoms with Crippen LogP contribution >= 0.6 is 0 Å². The Labute approximate surface area is 131 Å². The maximum atomic E-state index is 10.1. The summed E-state index contributed by atoms with van der Waals surface area (Å²) < 4.78 is 7.27. The second-order valence-corrected chi connectivity index (χ2v) is 5.96. The first kappa shape index (κ1) is 15.1. The van der Waals surface area contributed by atoms with Gasteiger partial charge in [-0.1, -0.05) is 12.1 Å². The summed E-state index contributed by atoms with van der Waals surface area (Å²) in [6.45, 7) is 4.46. The van der Waals surface area contributed by atoms with E-state index in [-0.39, 0.29) is 12.1 Å². The molecule has 2 heterocycles. The molecule has 0 radical (unpaired) electrons. The molecule has 118 valence electrons. The number of hydrogen-bond donors (Lipinski definition) is 1. The molecule has 0 saturated carbocycles. The van der Waals surface area contributed by atoms with Crippen LogP contribution in [0.1, 0.15) is 23.6 Å². The van der Waals surface area contributed by atoms with E-state index in [1.807, 2.05) is 36.1 Å². The molecule has 0 aliphatic carbocycles. The maximum Gasteiger partial charge on any atom is 0.119 e. The molecule has 1 aromatic heterocycles. The van der Waals surface area contributed by atoms with E-state index in [2.05, 4.69) is 22.1 Å². The van der Waals surface area contributed by atoms with E-state index in [1.165, 1.54) is 11.1 Å². The van der Waals surface area contributed by atoms with Crippen LogP contribution in [0.25, 0.3) is 0 Å². The fourth-order valence-electron chi connectivity index (χ4n) is 3.14. The molecule has 1 N–H and O–H groups in total. The molecule has 2 unspecified atom stereocenters. The number of β-amino-alcohol motifs (C(OH)–C–C–N with tert-alkyl or cyclic N) is 1. The Balaban J connectivity index is 1.71. The quantitative estimate of drug-likeness (QED) is 0.918. The zero-order chi connectivity index (χ0) is 15.5. The summed E-state index contributed by atoms with van der Waals surface area (Å²) in [4.78, 5) is 2.33. The van der Waals surface area contributed by atoms with Gasteiger partial charge >= 0.3 is 0 Å². The van der Waals surface area contributed by atoms with Crippen molar-refractivity contribution >= 4 is 0 Å². The highest BCUT2D eigenvalue weighted by Crippen LogP contribution is 2.33. The zero-order valence-electron chi connectivity index (χ0n) is 13.1. The summed E-state index contributed by atoms with van der Waals surface area (Å²) in [7, 11) is 1.68. The van der Waals surface area contributed by atoms with Crippen LogP contribution in [0.4, 0.5) is 0 Å². The van der Waals surface area contributed by atoms with Crippen molar-refractivity contribution in [2.75, 3.05) is 20.2 Å². The summed E-state index contributed by atoms with van der Waals surface area (Å²) in [5, 5.41) is 14.4. The van der Waals surface area contributed by atoms with Gasteiger partial charge in [0.1, 0.15) is 5.75 Å². The predicted molar refractivity (Wildman–Crippen MR) is 84.9 cm³/mol. The number of likely N-dealkylation sites (tertiary alicyclic amines) is 1. The number of hydrogen-bond acceptors (Lipinski definition) is 4. The van der Waals surface area contributed by atoms with Gasteiger partial charge < -0.3 is 9.84 Å². The number of methoxy groups -OCH3 is 1. The van der Waals surface area contributed by atoms with Gasteiger partial charge in [-0.2, -0.15) is 5.10 Å². The van der Waals surface area contributed by atoms with Crippen LogP contribution in [-0.2, 0) is 6.54 Å². The third-order valence-electron chi connectivity index (χ3n) is 4.24. The van der Waals surface area contributed by atoms with Crippen molar-refractivity contribution in [1.82, 2.24) is 14.7 Å². The molecule has 0 bridgehead atoms. The molecule has 2 atom stereocenters. The molecular formula is C17H23N3O2. The van der Waals surface area contributed by atoms with Gasteiger partial charge in [-0.25, -0.2) is 0 Å². The second kappa shape index (κ2) is 6.50. The van der Waals surface area contributed by atoms with Gasteiger partial charge in [0.15, 0.2) is 0 Å². The summed E-state index contributed by atoms with van der Waals surface area (Å²) in [6.07, 6.45) is 4.42. The molecule has 0 amide bonds. The largest absolute Gasteiger partial charge is 0.497 e. The molecule has 2 aromatic rings. The lowest BCUT2D eigenvalue weighted by molar-refractivity contribution is 0.172. The van der Waals surface area contributed by atoms with Crippen molar-refractivity contribution < 1.29 is 9.84 Å². The normalized spacial score (nSPS) is 22.1. The second-order valence-electron chi connectivity index (χ2n) is 5.96. The van der Waals surface area contributed by atoms with Gasteiger partial charge in [0.2, 0.25) is 0 Å². The fourth-order valence-corrected chi connectivity index (χ4v) is 3.14. The van der Waals surface area contributed by atoms with E-state index in [4.69, 9.17) is 4.74 Å². The standard InChI is InChI=1S/C17H23N3O2/c1-13-10-18-20(11-13)7-6-19-12-15(21)9-17(19)14-4-3-5-16(8-14)22-2/h3-5,8,10-11,15,17,21H,6-7,9,12H2,1-2H3. The van der Waals surface area contributed by atoms with Crippen molar-refractivity contribution in [3.05, 3.63) is 47.8 Å². The number of ether oxygens (including phenoxy) is 1. The Bertz CT molecular complexity index is 626. The number of benzene rings is 1. The molecule has 1 saturated heterocycles. The Morgan fingerprint density at radius 1 is 1.36 bits per heavy atom. The third-order valence-corrected chi connectivity index (χ3v) is 4.24. The van der Waals surface area contributed by atoms with Gasteiger partial charge in [0.05, 0.1) is 26.0 Å². The van der Waals surface area contributed by atoms with E-state index >= 15 is 0 Å². The maximum absolute atomic E-state index is 10.1. The molecule has 1 aliphatic rings. The number of aliphatic hydroxyl groups is 1. The van der Waals surface area contributed by atoms with Crippen LogP contribution in [0.3, 0.4) is 0 Å². The Morgan fingerprint density at radius 3 is 2.95 bits per heavy atom. The molecule has 5 heteroatoms. The summed E-state index contributed by atoms with van der Waals surface area (Å²) in [6, 6.07) is 8.37. The van der Waals surface area contributed by atoms with Gasteiger partial charge in [-0.15, -0.1) is 0 Å². The molecule has 0 spiro atoms. The van der Waals surface area contributed by atoms with Crippen molar-refractivity contribution in [1.29, 1.82) is 0 Å². The van der Waals surface area contributed by atoms with Crippen molar-refractivity contribution in [3.63, 3.8) is 0 Å². The van der Waals surface area contributed by atoms with E-state index in [0.29, 0.717) is 6.54 Å². The first-order valence-corrected chi connectivity index (χ1v) is 7.71. The molecule has 5 nitrogen and oxygen atoms in total. The highest BCUT2D eigenvalue weighted by Gasteiger charge is 2.31. The summed E-state index contributed by atoms with van der Waals surface area (Å²) >= 11 is 0. The van der Waals surface area contributed by atoms with Gasteiger partial charge in [0, 0.05) is 25.3 Å². The van der Waals surface area contributed by atoms with Crippen molar-refractivity contribution in [2.24, 2.45) is 0 Å². The zero-order valence-corrected chi connectivity index (χ0v) is 13.1. The lowest BCUT2D eigenvalue weighted by Crippen LogP contribution is -2.28. The van der Waals surface area contributed by atoms with Crippen molar-refractivity contribution in [2.45, 2.75) is 32.0 Å².